The molecule has 2 aromatic rings. The molecule has 8 heteroatoms. The van der Waals surface area contributed by atoms with Crippen LogP contribution in [0.25, 0.3) is 0 Å². The van der Waals surface area contributed by atoms with Gasteiger partial charge in [0.1, 0.15) is 6.04 Å². The number of benzene rings is 1. The van der Waals surface area contributed by atoms with Crippen molar-refractivity contribution in [3.8, 4) is 11.5 Å². The van der Waals surface area contributed by atoms with Crippen molar-refractivity contribution in [3.05, 3.63) is 35.7 Å². The number of fused-ring (bicyclic) bond motifs is 2. The number of rotatable bonds is 5. The summed E-state index contributed by atoms with van der Waals surface area (Å²) in [5.41, 5.74) is 1.76. The maximum atomic E-state index is 12.8. The van der Waals surface area contributed by atoms with Gasteiger partial charge in [0.25, 0.3) is 0 Å². The van der Waals surface area contributed by atoms with Crippen LogP contribution in [0.15, 0.2) is 29.6 Å². The van der Waals surface area contributed by atoms with E-state index >= 15 is 0 Å². The minimum Gasteiger partial charge on any atom is -0.454 e. The molecule has 0 bridgehead atoms. The molecule has 2 aliphatic rings. The topological polar surface area (TPSA) is 68.6 Å². The van der Waals surface area contributed by atoms with Gasteiger partial charge in [0.2, 0.25) is 12.7 Å². The van der Waals surface area contributed by atoms with Gasteiger partial charge in [0.15, 0.2) is 16.7 Å². The summed E-state index contributed by atoms with van der Waals surface area (Å²) in [7, 11) is 3.77. The molecule has 0 spiro atoms. The van der Waals surface area contributed by atoms with Gasteiger partial charge in [-0.25, -0.2) is 4.98 Å². The monoisotopic (exact) mass is 360 g/mol. The number of hydrogen-bond acceptors (Lipinski definition) is 6. The van der Waals surface area contributed by atoms with Gasteiger partial charge in [-0.2, -0.15) is 0 Å². The largest absolute Gasteiger partial charge is 0.454 e. The van der Waals surface area contributed by atoms with Gasteiger partial charge >= 0.3 is 0 Å². The van der Waals surface area contributed by atoms with Crippen LogP contribution in [0.2, 0.25) is 0 Å². The van der Waals surface area contributed by atoms with E-state index in [4.69, 9.17) is 9.47 Å². The summed E-state index contributed by atoms with van der Waals surface area (Å²) >= 11 is 1.75. The van der Waals surface area contributed by atoms with Gasteiger partial charge in [0.05, 0.1) is 12.2 Å². The minimum atomic E-state index is -0.404. The molecule has 4 rings (SSSR count). The third kappa shape index (κ3) is 3.19. The predicted octanol–water partition coefficient (Wildman–Crippen LogP) is 1.64. The molecule has 0 radical (unpaired) electrons. The number of carbonyl (C=O) groups is 1. The molecule has 3 heterocycles. The summed E-state index contributed by atoms with van der Waals surface area (Å²) in [4.78, 5) is 19.2. The first kappa shape index (κ1) is 16.3. The molecule has 1 unspecified atom stereocenters. The molecule has 132 valence electrons. The standard InChI is InChI=1S/C17H20N4O3S/c1-20(2)15(11-3-4-13-14(7-11)24-10-23-13)16(22)18-8-12-9-21-5-6-25-17(21)19-12/h3-4,7,9,15H,5-6,8,10H2,1-2H3,(H,18,22). The second kappa shape index (κ2) is 6.61. The van der Waals surface area contributed by atoms with Crippen molar-refractivity contribution >= 4 is 17.7 Å². The van der Waals surface area contributed by atoms with Gasteiger partial charge < -0.3 is 19.4 Å². The Morgan fingerprint density at radius 1 is 1.40 bits per heavy atom. The normalized spacial score (nSPS) is 16.1. The van der Waals surface area contributed by atoms with E-state index < -0.39 is 6.04 Å². The maximum absolute atomic E-state index is 12.8. The zero-order valence-electron chi connectivity index (χ0n) is 14.2. The van der Waals surface area contributed by atoms with E-state index in [9.17, 15) is 4.79 Å². The van der Waals surface area contributed by atoms with Crippen LogP contribution in [-0.4, -0.2) is 47.0 Å². The smallest absolute Gasteiger partial charge is 0.242 e. The van der Waals surface area contributed by atoms with E-state index in [1.54, 1.807) is 11.8 Å². The van der Waals surface area contributed by atoms with E-state index in [1.807, 2.05) is 43.4 Å². The van der Waals surface area contributed by atoms with Crippen LogP contribution in [0.1, 0.15) is 17.3 Å². The lowest BCUT2D eigenvalue weighted by atomic mass is 10.0. The first-order valence-electron chi connectivity index (χ1n) is 8.14. The summed E-state index contributed by atoms with van der Waals surface area (Å²) in [6, 6.07) is 5.21. The molecule has 1 amide bonds. The molecule has 1 atom stereocenters. The highest BCUT2D eigenvalue weighted by atomic mass is 32.2. The lowest BCUT2D eigenvalue weighted by Gasteiger charge is -2.24. The fourth-order valence-electron chi connectivity index (χ4n) is 3.09. The molecule has 0 fully saturated rings. The summed E-state index contributed by atoms with van der Waals surface area (Å²) < 4.78 is 12.9. The van der Waals surface area contributed by atoms with Crippen molar-refractivity contribution in [1.82, 2.24) is 19.8 Å². The minimum absolute atomic E-state index is 0.0651. The fraction of sp³-hybridized carbons (Fsp3) is 0.412. The Morgan fingerprint density at radius 2 is 2.24 bits per heavy atom. The second-order valence-electron chi connectivity index (χ2n) is 6.25. The predicted molar refractivity (Wildman–Crippen MR) is 93.8 cm³/mol. The molecule has 1 aromatic carbocycles. The third-order valence-corrected chi connectivity index (χ3v) is 5.24. The molecule has 0 saturated carbocycles. The second-order valence-corrected chi connectivity index (χ2v) is 7.32. The van der Waals surface area contributed by atoms with Crippen LogP contribution in [0.4, 0.5) is 0 Å². The molecular formula is C17H20N4O3S. The highest BCUT2D eigenvalue weighted by molar-refractivity contribution is 7.99. The molecule has 0 aliphatic carbocycles. The van der Waals surface area contributed by atoms with Crippen molar-refractivity contribution < 1.29 is 14.3 Å². The zero-order chi connectivity index (χ0) is 17.4. The Kier molecular flexibility index (Phi) is 4.30. The van der Waals surface area contributed by atoms with Gasteiger partial charge in [-0.05, 0) is 31.8 Å². The molecule has 1 aromatic heterocycles. The average Bonchev–Trinajstić information content (AvgIpc) is 3.27. The number of carbonyl (C=O) groups excluding carboxylic acids is 1. The number of likely N-dealkylation sites (N-methyl/N-ethyl adjacent to an activating group) is 1. The third-order valence-electron chi connectivity index (χ3n) is 4.27. The number of imidazole rings is 1. The number of amides is 1. The summed E-state index contributed by atoms with van der Waals surface area (Å²) in [6.07, 6.45) is 2.01. The van der Waals surface area contributed by atoms with Crippen molar-refractivity contribution in [2.75, 3.05) is 26.6 Å². The van der Waals surface area contributed by atoms with E-state index in [2.05, 4.69) is 14.9 Å². The highest BCUT2D eigenvalue weighted by Crippen LogP contribution is 2.35. The Labute approximate surface area is 150 Å². The van der Waals surface area contributed by atoms with Crippen LogP contribution in [0.5, 0.6) is 11.5 Å². The molecule has 0 saturated heterocycles. The highest BCUT2D eigenvalue weighted by Gasteiger charge is 2.25. The first-order valence-corrected chi connectivity index (χ1v) is 9.13. The summed E-state index contributed by atoms with van der Waals surface area (Å²) in [6.45, 7) is 1.63. The van der Waals surface area contributed by atoms with Crippen LogP contribution in [0.3, 0.4) is 0 Å². The van der Waals surface area contributed by atoms with Crippen LogP contribution in [-0.2, 0) is 17.9 Å². The van der Waals surface area contributed by atoms with Gasteiger partial charge in [-0.3, -0.25) is 9.69 Å². The van der Waals surface area contributed by atoms with E-state index in [0.29, 0.717) is 18.0 Å². The Bertz CT molecular complexity index is 784. The summed E-state index contributed by atoms with van der Waals surface area (Å²) in [5, 5.41) is 4.03. The average molecular weight is 360 g/mol. The van der Waals surface area contributed by atoms with E-state index in [1.165, 1.54) is 0 Å². The van der Waals surface area contributed by atoms with Crippen molar-refractivity contribution in [3.63, 3.8) is 0 Å². The molecular weight excluding hydrogens is 340 g/mol. The van der Waals surface area contributed by atoms with Crippen LogP contribution >= 0.6 is 11.8 Å². The SMILES string of the molecule is CN(C)C(C(=O)NCc1cn2c(n1)SCC2)c1ccc2c(c1)OCO2. The zero-order valence-corrected chi connectivity index (χ0v) is 15.0. The number of aryl methyl sites for hydroxylation is 1. The maximum Gasteiger partial charge on any atom is 0.242 e. The molecule has 25 heavy (non-hydrogen) atoms. The Morgan fingerprint density at radius 3 is 3.04 bits per heavy atom. The Balaban J connectivity index is 1.47. The van der Waals surface area contributed by atoms with Crippen LogP contribution < -0.4 is 14.8 Å². The number of ether oxygens (including phenoxy) is 2. The number of thioether (sulfide) groups is 1. The van der Waals surface area contributed by atoms with Crippen molar-refractivity contribution in [2.45, 2.75) is 24.3 Å². The lowest BCUT2D eigenvalue weighted by molar-refractivity contribution is -0.126. The molecule has 1 N–H and O–H groups in total. The van der Waals surface area contributed by atoms with E-state index in [0.717, 1.165) is 28.7 Å². The number of nitrogens with zero attached hydrogens (tertiary/aromatic N) is 3. The molecule has 7 nitrogen and oxygen atoms in total. The van der Waals surface area contributed by atoms with Crippen molar-refractivity contribution in [1.29, 1.82) is 0 Å². The quantitative estimate of drug-likeness (QED) is 0.874. The number of nitrogens with one attached hydrogen (secondary N) is 1. The van der Waals surface area contributed by atoms with Gasteiger partial charge in [0, 0.05) is 18.5 Å². The van der Waals surface area contributed by atoms with Gasteiger partial charge in [-0.1, -0.05) is 17.8 Å². The van der Waals surface area contributed by atoms with Crippen LogP contribution in [0, 0.1) is 0 Å². The fourth-order valence-corrected chi connectivity index (χ4v) is 4.05. The first-order chi connectivity index (χ1) is 12.1. The molecule has 2 aliphatic heterocycles. The van der Waals surface area contributed by atoms with Gasteiger partial charge in [-0.15, -0.1) is 0 Å². The Hall–Kier alpha value is -2.19. The van der Waals surface area contributed by atoms with Crippen molar-refractivity contribution in [2.24, 2.45) is 0 Å². The number of hydrogen-bond donors (Lipinski definition) is 1. The summed E-state index contributed by atoms with van der Waals surface area (Å²) in [5.74, 6) is 2.40. The number of aromatic nitrogens is 2. The van der Waals surface area contributed by atoms with E-state index in [-0.39, 0.29) is 12.7 Å². The lowest BCUT2D eigenvalue weighted by Crippen LogP contribution is -2.36.